The van der Waals surface area contributed by atoms with Gasteiger partial charge in [-0.3, -0.25) is 0 Å². The number of anilines is 2. The Balaban J connectivity index is 1.88. The van der Waals surface area contributed by atoms with E-state index >= 15 is 8.22 Å². The van der Waals surface area contributed by atoms with E-state index in [0.29, 0.717) is 22.5 Å². The number of rotatable bonds is 2. The van der Waals surface area contributed by atoms with Crippen LogP contribution in [0.5, 0.6) is 0 Å². The molecule has 0 saturated heterocycles. The number of hydrogen-bond acceptors (Lipinski definition) is 2. The number of benzene rings is 2. The maximum atomic E-state index is 18.9. The number of halogens is 2. The third-order valence-corrected chi connectivity index (χ3v) is 13.6. The van der Waals surface area contributed by atoms with Crippen molar-refractivity contribution in [2.45, 2.75) is 0 Å². The Bertz CT molecular complexity index is 1400. The van der Waals surface area contributed by atoms with E-state index in [1.807, 2.05) is 86.5 Å². The Hall–Kier alpha value is -3.58. The summed E-state index contributed by atoms with van der Waals surface area (Å²) in [5.74, 6) is 0. The number of hydrogen-bond donors (Lipinski definition) is 0. The predicted octanol–water partition coefficient (Wildman–Crippen LogP) is 2.85. The first-order valence-electron chi connectivity index (χ1n) is 11.1. The monoisotopic (exact) mass is 460 g/mol. The molecule has 2 aromatic carbocycles. The van der Waals surface area contributed by atoms with Crippen molar-refractivity contribution < 1.29 is 16.7 Å². The van der Waals surface area contributed by atoms with Crippen molar-refractivity contribution in [1.29, 1.82) is 0 Å². The standard InChI is InChI=1S/C26H26F2N4Si/c1-29(2)19-11-13-25-21(17-19)23-9-5-7-15-31(23)33(25,27,28)26-14-12-20(30(3)4)18-22(26)24-10-6-8-16-32(24)33/h5-18H,1-4H3. The summed E-state index contributed by atoms with van der Waals surface area (Å²) < 4.78 is 40.5. The molecule has 2 aliphatic heterocycles. The van der Waals surface area contributed by atoms with Gasteiger partial charge in [0, 0.05) is 0 Å². The normalized spacial score (nSPS) is 19.2. The van der Waals surface area contributed by atoms with Gasteiger partial charge in [0.2, 0.25) is 0 Å². The summed E-state index contributed by atoms with van der Waals surface area (Å²) in [6.45, 7) is 0. The van der Waals surface area contributed by atoms with E-state index in [2.05, 4.69) is 0 Å². The van der Waals surface area contributed by atoms with E-state index in [0.717, 1.165) is 11.4 Å². The van der Waals surface area contributed by atoms with Crippen LogP contribution in [0.2, 0.25) is 0 Å². The van der Waals surface area contributed by atoms with Gasteiger partial charge in [0.05, 0.1) is 0 Å². The third-order valence-electron chi connectivity index (χ3n) is 7.53. The second-order valence-corrected chi connectivity index (χ2v) is 14.6. The number of nitrogens with zero attached hydrogens (tertiary/aromatic N) is 4. The Morgan fingerprint density at radius 3 is 1.42 bits per heavy atom. The molecule has 0 aliphatic carbocycles. The van der Waals surface area contributed by atoms with Gasteiger partial charge in [-0.15, -0.1) is 0 Å². The third kappa shape index (κ3) is 1.97. The van der Waals surface area contributed by atoms with Crippen LogP contribution in [0.25, 0.3) is 22.5 Å². The van der Waals surface area contributed by atoms with Gasteiger partial charge < -0.3 is 0 Å². The first-order chi connectivity index (χ1) is 15.6. The molecule has 2 aliphatic rings. The van der Waals surface area contributed by atoms with E-state index < -0.39 is 7.62 Å². The topological polar surface area (TPSA) is 14.2 Å². The van der Waals surface area contributed by atoms with Crippen molar-refractivity contribution in [3.8, 4) is 22.5 Å². The van der Waals surface area contributed by atoms with Gasteiger partial charge >= 0.3 is 192 Å². The van der Waals surface area contributed by atoms with Gasteiger partial charge in [0.15, 0.2) is 0 Å². The van der Waals surface area contributed by atoms with Gasteiger partial charge in [0.1, 0.15) is 0 Å². The van der Waals surface area contributed by atoms with Crippen molar-refractivity contribution in [2.75, 3.05) is 38.0 Å². The van der Waals surface area contributed by atoms with Gasteiger partial charge in [-0.05, 0) is 0 Å². The zero-order valence-electron chi connectivity index (χ0n) is 19.1. The summed E-state index contributed by atoms with van der Waals surface area (Å²) >= 11 is 0. The van der Waals surface area contributed by atoms with Crippen molar-refractivity contribution >= 4 is 29.4 Å². The van der Waals surface area contributed by atoms with Crippen molar-refractivity contribution in [2.24, 2.45) is 0 Å². The van der Waals surface area contributed by atoms with Crippen LogP contribution in [0.15, 0.2) is 85.2 Å². The minimum absolute atomic E-state index is 0.107. The molecule has 168 valence electrons. The number of fused-ring (bicyclic) bond motifs is 10. The molecule has 2 aromatic heterocycles. The molecular formula is C26H26F2N4Si. The fourth-order valence-electron chi connectivity index (χ4n) is 5.95. The zero-order chi connectivity index (χ0) is 23.2. The Morgan fingerprint density at radius 2 is 1.03 bits per heavy atom. The van der Waals surface area contributed by atoms with Crippen LogP contribution in [0.1, 0.15) is 0 Å². The summed E-state index contributed by atoms with van der Waals surface area (Å²) in [4.78, 5) is 3.90. The molecule has 0 fully saturated rings. The number of pyridine rings is 2. The van der Waals surface area contributed by atoms with E-state index in [1.54, 1.807) is 36.7 Å². The molecule has 33 heavy (non-hydrogen) atoms. The van der Waals surface area contributed by atoms with Gasteiger partial charge in [-0.2, -0.15) is 0 Å². The van der Waals surface area contributed by atoms with Gasteiger partial charge in [-0.1, -0.05) is 0 Å². The average molecular weight is 461 g/mol. The van der Waals surface area contributed by atoms with Gasteiger partial charge in [-0.25, -0.2) is 0 Å². The molecule has 0 radical (unpaired) electrons. The molecule has 0 unspecified atom stereocenters. The van der Waals surface area contributed by atoms with E-state index in [-0.39, 0.29) is 10.4 Å². The van der Waals surface area contributed by atoms with Crippen molar-refractivity contribution in [3.05, 3.63) is 85.2 Å². The summed E-state index contributed by atoms with van der Waals surface area (Å²) in [5.41, 5.74) is 4.04. The van der Waals surface area contributed by atoms with Crippen LogP contribution in [0.3, 0.4) is 0 Å². The SMILES string of the molecule is CN(C)c1ccc2c(c1)-c1cccc[n+]1[Si-2]21(F)(F)c2ccc(N(C)C)cc2-c2cccc[n+]21. The average Bonchev–Trinajstić information content (AvgIpc) is 3.15. The molecular weight excluding hydrogens is 434 g/mol. The van der Waals surface area contributed by atoms with Crippen LogP contribution >= 0.6 is 0 Å². The molecule has 7 heteroatoms. The molecule has 0 bridgehead atoms. The van der Waals surface area contributed by atoms with Crippen LogP contribution in [0.4, 0.5) is 19.6 Å². The Kier molecular flexibility index (Phi) is 3.44. The van der Waals surface area contributed by atoms with E-state index in [4.69, 9.17) is 0 Å². The van der Waals surface area contributed by atoms with Crippen LogP contribution in [0, 0.1) is 0 Å². The molecule has 4 heterocycles. The molecule has 0 N–H and O–H groups in total. The first-order valence-corrected chi connectivity index (χ1v) is 13.7. The quantitative estimate of drug-likeness (QED) is 0.337. The molecule has 1 spiro atoms. The van der Waals surface area contributed by atoms with Crippen LogP contribution in [-0.4, -0.2) is 35.8 Å². The molecule has 0 amide bonds. The summed E-state index contributed by atoms with van der Waals surface area (Å²) in [5, 5.41) is 0.214. The minimum atomic E-state index is -7.09. The molecule has 4 aromatic rings. The predicted molar refractivity (Wildman–Crippen MR) is 131 cm³/mol. The molecule has 0 atom stereocenters. The second-order valence-electron chi connectivity index (χ2n) is 9.62. The van der Waals surface area contributed by atoms with E-state index in [9.17, 15) is 0 Å². The molecule has 6 rings (SSSR count). The Morgan fingerprint density at radius 1 is 0.606 bits per heavy atom. The van der Waals surface area contributed by atoms with Crippen molar-refractivity contribution in [3.63, 3.8) is 0 Å². The van der Waals surface area contributed by atoms with Gasteiger partial charge in [0.25, 0.3) is 0 Å². The first kappa shape index (κ1) is 20.1. The summed E-state index contributed by atoms with van der Waals surface area (Å²) in [6.07, 6.45) is 3.13. The van der Waals surface area contributed by atoms with Crippen LogP contribution in [-0.2, 0) is 0 Å². The molecule has 4 nitrogen and oxygen atoms in total. The zero-order valence-corrected chi connectivity index (χ0v) is 20.1. The van der Waals surface area contributed by atoms with Crippen LogP contribution < -0.4 is 28.6 Å². The summed E-state index contributed by atoms with van der Waals surface area (Å²) in [7, 11) is 0.623. The second kappa shape index (κ2) is 5.66. The fourth-order valence-corrected chi connectivity index (χ4v) is 12.2. The maximum absolute atomic E-state index is 18.9. The molecule has 0 saturated carbocycles. The Labute approximate surface area is 191 Å². The summed E-state index contributed by atoms with van der Waals surface area (Å²) in [6, 6.07) is 21.4. The van der Waals surface area contributed by atoms with Crippen molar-refractivity contribution in [1.82, 2.24) is 0 Å². The fraction of sp³-hybridized carbons (Fsp3) is 0.154. The van der Waals surface area contributed by atoms with E-state index in [1.165, 1.54) is 8.47 Å². The number of aromatic nitrogens is 2.